The van der Waals surface area contributed by atoms with Crippen LogP contribution < -0.4 is 16.4 Å². The molecular formula is C12H20N4O4. The zero-order chi connectivity index (χ0) is 14.7. The molecule has 2 atom stereocenters. The van der Waals surface area contributed by atoms with Crippen molar-refractivity contribution in [2.24, 2.45) is 5.73 Å². The molecule has 1 aliphatic heterocycles. The van der Waals surface area contributed by atoms with Gasteiger partial charge in [0.1, 0.15) is 6.04 Å². The number of hydrogen-bond acceptors (Lipinski definition) is 4. The molecule has 0 aromatic heterocycles. The summed E-state index contributed by atoms with van der Waals surface area (Å²) < 4.78 is 0. The van der Waals surface area contributed by atoms with E-state index in [4.69, 9.17) is 10.8 Å². The molecule has 1 saturated carbocycles. The van der Waals surface area contributed by atoms with Crippen LogP contribution in [0.5, 0.6) is 0 Å². The van der Waals surface area contributed by atoms with E-state index in [-0.39, 0.29) is 6.04 Å². The SMILES string of the molecule is NC(=O)C[C@@H](NC(=O)NC1CCN(C2CC2)C1)C(=O)O. The fourth-order valence-electron chi connectivity index (χ4n) is 2.46. The molecule has 8 heteroatoms. The number of aliphatic carboxylic acids is 1. The maximum atomic E-state index is 11.7. The Kier molecular flexibility index (Phi) is 4.43. The van der Waals surface area contributed by atoms with Gasteiger partial charge in [-0.1, -0.05) is 0 Å². The first-order chi connectivity index (χ1) is 9.45. The van der Waals surface area contributed by atoms with Gasteiger partial charge in [0, 0.05) is 25.2 Å². The van der Waals surface area contributed by atoms with Crippen LogP contribution in [0.3, 0.4) is 0 Å². The molecule has 0 aromatic rings. The molecule has 3 amide bonds. The molecule has 1 unspecified atom stereocenters. The van der Waals surface area contributed by atoms with Crippen molar-refractivity contribution in [3.8, 4) is 0 Å². The number of primary amides is 1. The van der Waals surface area contributed by atoms with Crippen molar-refractivity contribution in [1.82, 2.24) is 15.5 Å². The Labute approximate surface area is 116 Å². The average Bonchev–Trinajstić information content (AvgIpc) is 3.09. The third kappa shape index (κ3) is 4.09. The second-order valence-electron chi connectivity index (χ2n) is 5.39. The van der Waals surface area contributed by atoms with Gasteiger partial charge in [-0.25, -0.2) is 9.59 Å². The van der Waals surface area contributed by atoms with Gasteiger partial charge in [-0.05, 0) is 19.3 Å². The standard InChI is InChI=1S/C12H20N4O4/c13-10(17)5-9(11(18)19)15-12(20)14-7-3-4-16(6-7)8-1-2-8/h7-9H,1-6H2,(H2,13,17)(H,18,19)(H2,14,15,20)/t7?,9-/m1/s1. The number of rotatable bonds is 6. The molecule has 1 aliphatic carbocycles. The number of carboxylic acid groups (broad SMARTS) is 1. The topological polar surface area (TPSA) is 125 Å². The number of carbonyl (C=O) groups is 3. The van der Waals surface area contributed by atoms with Crippen molar-refractivity contribution in [3.63, 3.8) is 0 Å². The average molecular weight is 284 g/mol. The van der Waals surface area contributed by atoms with E-state index in [2.05, 4.69) is 15.5 Å². The largest absolute Gasteiger partial charge is 0.480 e. The monoisotopic (exact) mass is 284 g/mol. The number of hydrogen-bond donors (Lipinski definition) is 4. The summed E-state index contributed by atoms with van der Waals surface area (Å²) in [6.07, 6.45) is 2.89. The van der Waals surface area contributed by atoms with Gasteiger partial charge in [0.25, 0.3) is 0 Å². The minimum Gasteiger partial charge on any atom is -0.480 e. The van der Waals surface area contributed by atoms with E-state index in [1.165, 1.54) is 12.8 Å². The van der Waals surface area contributed by atoms with Gasteiger partial charge in [-0.3, -0.25) is 9.69 Å². The van der Waals surface area contributed by atoms with E-state index >= 15 is 0 Å². The van der Waals surface area contributed by atoms with E-state index < -0.39 is 30.4 Å². The van der Waals surface area contributed by atoms with Gasteiger partial charge in [-0.2, -0.15) is 0 Å². The molecule has 2 fully saturated rings. The summed E-state index contributed by atoms with van der Waals surface area (Å²) >= 11 is 0. The molecule has 0 spiro atoms. The zero-order valence-electron chi connectivity index (χ0n) is 11.2. The highest BCUT2D eigenvalue weighted by Crippen LogP contribution is 2.29. The van der Waals surface area contributed by atoms with E-state index in [0.29, 0.717) is 6.04 Å². The fourth-order valence-corrected chi connectivity index (χ4v) is 2.46. The molecule has 0 radical (unpaired) electrons. The number of nitrogens with two attached hydrogens (primary N) is 1. The lowest BCUT2D eigenvalue weighted by Gasteiger charge is -2.18. The highest BCUT2D eigenvalue weighted by Gasteiger charge is 2.35. The summed E-state index contributed by atoms with van der Waals surface area (Å²) in [6.45, 7) is 1.75. The maximum absolute atomic E-state index is 11.7. The number of carboxylic acids is 1. The predicted molar refractivity (Wildman–Crippen MR) is 69.9 cm³/mol. The third-order valence-corrected chi connectivity index (χ3v) is 3.63. The second kappa shape index (κ2) is 6.08. The highest BCUT2D eigenvalue weighted by molar-refractivity contribution is 5.87. The van der Waals surface area contributed by atoms with Crippen LogP contribution in [-0.4, -0.2) is 59.1 Å². The second-order valence-corrected chi connectivity index (χ2v) is 5.39. The number of nitrogens with zero attached hydrogens (tertiary/aromatic N) is 1. The molecule has 20 heavy (non-hydrogen) atoms. The lowest BCUT2D eigenvalue weighted by atomic mass is 10.2. The van der Waals surface area contributed by atoms with Crippen molar-refractivity contribution in [2.75, 3.05) is 13.1 Å². The molecule has 1 heterocycles. The molecule has 0 aromatic carbocycles. The molecule has 0 bridgehead atoms. The van der Waals surface area contributed by atoms with Gasteiger partial charge < -0.3 is 21.5 Å². The maximum Gasteiger partial charge on any atom is 0.326 e. The highest BCUT2D eigenvalue weighted by atomic mass is 16.4. The fraction of sp³-hybridized carbons (Fsp3) is 0.750. The molecule has 8 nitrogen and oxygen atoms in total. The van der Waals surface area contributed by atoms with Crippen LogP contribution >= 0.6 is 0 Å². The predicted octanol–water partition coefficient (Wildman–Crippen LogP) is -1.15. The van der Waals surface area contributed by atoms with Gasteiger partial charge >= 0.3 is 12.0 Å². The van der Waals surface area contributed by atoms with Crippen molar-refractivity contribution in [3.05, 3.63) is 0 Å². The van der Waals surface area contributed by atoms with Crippen LogP contribution in [0.1, 0.15) is 25.7 Å². The van der Waals surface area contributed by atoms with Crippen molar-refractivity contribution >= 4 is 17.9 Å². The number of likely N-dealkylation sites (tertiary alicyclic amines) is 1. The van der Waals surface area contributed by atoms with Gasteiger partial charge in [0.2, 0.25) is 5.91 Å². The third-order valence-electron chi connectivity index (χ3n) is 3.63. The summed E-state index contributed by atoms with van der Waals surface area (Å²) in [7, 11) is 0. The number of urea groups is 1. The molecule has 1 saturated heterocycles. The lowest BCUT2D eigenvalue weighted by Crippen LogP contribution is -2.50. The van der Waals surface area contributed by atoms with Gasteiger partial charge in [0.05, 0.1) is 6.42 Å². The minimum absolute atomic E-state index is 0.0265. The molecule has 5 N–H and O–H groups in total. The molecular weight excluding hydrogens is 264 g/mol. The van der Waals surface area contributed by atoms with Crippen LogP contribution in [0, 0.1) is 0 Å². The summed E-state index contributed by atoms with van der Waals surface area (Å²) in [5, 5.41) is 13.9. The zero-order valence-corrected chi connectivity index (χ0v) is 11.2. The minimum atomic E-state index is -1.28. The summed E-state index contributed by atoms with van der Waals surface area (Å²) in [6, 6.07) is -1.17. The van der Waals surface area contributed by atoms with Crippen LogP contribution in [0.25, 0.3) is 0 Å². The Balaban J connectivity index is 1.76. The molecule has 112 valence electrons. The van der Waals surface area contributed by atoms with Crippen LogP contribution in [0.4, 0.5) is 4.79 Å². The smallest absolute Gasteiger partial charge is 0.326 e. The first-order valence-corrected chi connectivity index (χ1v) is 6.78. The van der Waals surface area contributed by atoms with E-state index in [9.17, 15) is 14.4 Å². The quantitative estimate of drug-likeness (QED) is 0.490. The molecule has 2 aliphatic rings. The number of nitrogens with one attached hydrogen (secondary N) is 2. The Morgan fingerprint density at radius 2 is 2.00 bits per heavy atom. The number of carbonyl (C=O) groups excluding carboxylic acids is 2. The van der Waals surface area contributed by atoms with Gasteiger partial charge in [0.15, 0.2) is 0 Å². The molecule has 2 rings (SSSR count). The van der Waals surface area contributed by atoms with E-state index in [1.54, 1.807) is 0 Å². The van der Waals surface area contributed by atoms with Crippen LogP contribution in [-0.2, 0) is 9.59 Å². The summed E-state index contributed by atoms with van der Waals surface area (Å²) in [5.41, 5.74) is 4.95. The van der Waals surface area contributed by atoms with Crippen molar-refractivity contribution < 1.29 is 19.5 Å². The Bertz CT molecular complexity index is 410. The Morgan fingerprint density at radius 3 is 2.55 bits per heavy atom. The van der Waals surface area contributed by atoms with Crippen molar-refractivity contribution in [1.29, 1.82) is 0 Å². The summed E-state index contributed by atoms with van der Waals surface area (Å²) in [4.78, 5) is 35.7. The first-order valence-electron chi connectivity index (χ1n) is 6.78. The Morgan fingerprint density at radius 1 is 1.30 bits per heavy atom. The lowest BCUT2D eigenvalue weighted by molar-refractivity contribution is -0.140. The summed E-state index contributed by atoms with van der Waals surface area (Å²) in [5.74, 6) is -2.04. The van der Waals surface area contributed by atoms with Crippen molar-refractivity contribution in [2.45, 2.75) is 43.8 Å². The number of amides is 3. The van der Waals surface area contributed by atoms with Gasteiger partial charge in [-0.15, -0.1) is 0 Å². The van der Waals surface area contributed by atoms with E-state index in [0.717, 1.165) is 19.5 Å². The first kappa shape index (κ1) is 14.6. The van der Waals surface area contributed by atoms with E-state index in [1.807, 2.05) is 0 Å². The van der Waals surface area contributed by atoms with Crippen LogP contribution in [0.15, 0.2) is 0 Å². The van der Waals surface area contributed by atoms with Crippen LogP contribution in [0.2, 0.25) is 0 Å². The normalized spacial score (nSPS) is 24.1. The Hall–Kier alpha value is -1.83.